The number of aryl methyl sites for hydroxylation is 1. The Hall–Kier alpha value is -4.84. The minimum Gasteiger partial charge on any atom is -0.481 e. The highest BCUT2D eigenvalue weighted by Gasteiger charge is 2.31. The van der Waals surface area contributed by atoms with E-state index in [1.165, 1.54) is 10.6 Å². The van der Waals surface area contributed by atoms with Crippen LogP contribution in [0.25, 0.3) is 67.1 Å². The molecule has 0 spiro atoms. The largest absolute Gasteiger partial charge is 0.481 e. The summed E-state index contributed by atoms with van der Waals surface area (Å²) in [4.78, 5) is 13.4. The molecule has 1 aliphatic heterocycles. The van der Waals surface area contributed by atoms with Crippen LogP contribution in [-0.2, 0) is 0 Å². The highest BCUT2D eigenvalue weighted by molar-refractivity contribution is 6.11. The Bertz CT molecular complexity index is 2240. The number of ether oxygens (including phenoxy) is 1. The Morgan fingerprint density at radius 3 is 2.59 bits per heavy atom. The first-order valence-electron chi connectivity index (χ1n) is 12.5. The number of aromatic nitrogens is 3. The Balaban J connectivity index is 1.23. The first-order valence-corrected chi connectivity index (χ1v) is 12.5. The van der Waals surface area contributed by atoms with Crippen LogP contribution in [-0.4, -0.2) is 27.1 Å². The van der Waals surface area contributed by atoms with Crippen molar-refractivity contribution in [3.8, 4) is 5.75 Å². The Labute approximate surface area is 209 Å². The van der Waals surface area contributed by atoms with Crippen molar-refractivity contribution in [2.24, 2.45) is 0 Å². The van der Waals surface area contributed by atoms with Crippen LogP contribution in [0, 0.1) is 6.92 Å². The molecule has 0 saturated carbocycles. The first-order chi connectivity index (χ1) is 18.2. The molecule has 9 rings (SSSR count). The maximum atomic E-state index is 6.59. The van der Waals surface area contributed by atoms with E-state index in [1.54, 1.807) is 0 Å². The van der Waals surface area contributed by atoms with Gasteiger partial charge in [-0.1, -0.05) is 36.4 Å². The molecule has 4 heterocycles. The molecule has 0 radical (unpaired) electrons. The summed E-state index contributed by atoms with van der Waals surface area (Å²) < 4.78 is 13.0. The van der Waals surface area contributed by atoms with Crippen molar-refractivity contribution in [2.75, 3.05) is 5.32 Å². The van der Waals surface area contributed by atoms with Crippen molar-refractivity contribution in [3.63, 3.8) is 0 Å². The highest BCUT2D eigenvalue weighted by atomic mass is 16.5. The number of benzene rings is 4. The molecule has 0 saturated heterocycles. The fourth-order valence-electron chi connectivity index (χ4n) is 6.02. The van der Waals surface area contributed by atoms with Gasteiger partial charge >= 0.3 is 0 Å². The minimum absolute atomic E-state index is 0.0186. The van der Waals surface area contributed by atoms with Crippen molar-refractivity contribution in [1.29, 1.82) is 0 Å². The average molecular weight is 481 g/mol. The minimum atomic E-state index is -0.122. The third-order valence-electron chi connectivity index (χ3n) is 7.80. The zero-order valence-electron chi connectivity index (χ0n) is 19.9. The molecule has 2 atom stereocenters. The molecular formula is C31H20N4O2. The second-order valence-electron chi connectivity index (χ2n) is 9.99. The van der Waals surface area contributed by atoms with E-state index >= 15 is 0 Å². The molecule has 37 heavy (non-hydrogen) atoms. The lowest BCUT2D eigenvalue weighted by atomic mass is 9.99. The smallest absolute Gasteiger partial charge is 0.155 e. The molecule has 0 bridgehead atoms. The lowest BCUT2D eigenvalue weighted by Crippen LogP contribution is -2.46. The zero-order valence-corrected chi connectivity index (χ0v) is 19.9. The van der Waals surface area contributed by atoms with Gasteiger partial charge in [0.05, 0.1) is 22.8 Å². The third kappa shape index (κ3) is 2.59. The Morgan fingerprint density at radius 2 is 1.65 bits per heavy atom. The summed E-state index contributed by atoms with van der Waals surface area (Å²) in [5.74, 6) is 0.821. The van der Waals surface area contributed by atoms with Crippen molar-refractivity contribution in [2.45, 2.75) is 19.1 Å². The Kier molecular flexibility index (Phi) is 3.49. The number of hydrogen-bond donors (Lipinski definition) is 2. The van der Waals surface area contributed by atoms with Gasteiger partial charge in [-0.15, -0.1) is 0 Å². The molecule has 2 aliphatic rings. The Morgan fingerprint density at radius 1 is 0.784 bits per heavy atom. The third-order valence-corrected chi connectivity index (χ3v) is 7.80. The van der Waals surface area contributed by atoms with E-state index in [4.69, 9.17) is 19.1 Å². The van der Waals surface area contributed by atoms with Gasteiger partial charge in [0.1, 0.15) is 22.9 Å². The fraction of sp³-hybridized carbons (Fsp3) is 0.0968. The van der Waals surface area contributed by atoms with Gasteiger partial charge in [0.15, 0.2) is 11.2 Å². The standard InChI is InChI=1S/C31H20N4O2/c1-15-30-29(36-27-12-22-19(11-25(27)35-30)17-7-3-5-9-21(17)32-22)14-26-31(15)37-28-13-23-18(10-24(28)34-26)16-6-2-4-8-20(16)33-23/h2-14,24,28,33-34H,1H3. The van der Waals surface area contributed by atoms with Crippen molar-refractivity contribution in [1.82, 2.24) is 15.0 Å². The predicted molar refractivity (Wildman–Crippen MR) is 147 cm³/mol. The number of H-pyrrole nitrogens is 1. The maximum absolute atomic E-state index is 6.59. The topological polar surface area (TPSA) is 76.0 Å². The van der Waals surface area contributed by atoms with Crippen LogP contribution in [0.3, 0.4) is 0 Å². The van der Waals surface area contributed by atoms with E-state index in [2.05, 4.69) is 65.8 Å². The monoisotopic (exact) mass is 480 g/mol. The normalized spacial score (nSPS) is 18.2. The molecule has 2 N–H and O–H groups in total. The van der Waals surface area contributed by atoms with E-state index < -0.39 is 0 Å². The summed E-state index contributed by atoms with van der Waals surface area (Å²) in [5, 5.41) is 9.45. The van der Waals surface area contributed by atoms with E-state index in [0.29, 0.717) is 0 Å². The number of para-hydroxylation sites is 2. The molecule has 0 fully saturated rings. The molecule has 4 aromatic carbocycles. The van der Waals surface area contributed by atoms with Crippen LogP contribution >= 0.6 is 0 Å². The van der Waals surface area contributed by atoms with Crippen LogP contribution in [0.15, 0.2) is 71.1 Å². The number of anilines is 1. The molecule has 0 amide bonds. The van der Waals surface area contributed by atoms with Crippen molar-refractivity contribution in [3.05, 3.63) is 82.9 Å². The van der Waals surface area contributed by atoms with Gasteiger partial charge in [0.2, 0.25) is 0 Å². The van der Waals surface area contributed by atoms with Crippen LogP contribution in [0.1, 0.15) is 5.56 Å². The van der Waals surface area contributed by atoms with Crippen molar-refractivity contribution >= 4 is 72.7 Å². The SMILES string of the molecule is Cc1c2c(cc3oc4cc5nc6ccccc6c5cc4nc13)NC1C=c3c([nH]c4ccccc34)=CC1O2. The highest BCUT2D eigenvalue weighted by Crippen LogP contribution is 2.41. The number of hydrogen-bond acceptors (Lipinski definition) is 5. The van der Waals surface area contributed by atoms with E-state index in [1.807, 2.05) is 30.3 Å². The molecule has 7 aromatic rings. The number of aromatic amines is 1. The maximum Gasteiger partial charge on any atom is 0.155 e. The van der Waals surface area contributed by atoms with Crippen LogP contribution in [0.2, 0.25) is 0 Å². The average Bonchev–Trinajstić information content (AvgIpc) is 3.46. The summed E-state index contributed by atoms with van der Waals surface area (Å²) in [7, 11) is 0. The van der Waals surface area contributed by atoms with Crippen LogP contribution in [0.5, 0.6) is 5.75 Å². The second kappa shape index (κ2) is 6.68. The quantitative estimate of drug-likeness (QED) is 0.289. The number of nitrogens with zero attached hydrogens (tertiary/aromatic N) is 2. The number of nitrogens with one attached hydrogen (secondary N) is 2. The van der Waals surface area contributed by atoms with Crippen LogP contribution < -0.4 is 20.6 Å². The zero-order chi connectivity index (χ0) is 24.2. The van der Waals surface area contributed by atoms with E-state index in [0.717, 1.165) is 71.9 Å². The van der Waals surface area contributed by atoms with Gasteiger partial charge in [-0.05, 0) is 37.3 Å². The molecule has 3 aromatic heterocycles. The molecule has 1 aliphatic carbocycles. The molecule has 6 heteroatoms. The predicted octanol–water partition coefficient (Wildman–Crippen LogP) is 5.29. The van der Waals surface area contributed by atoms with E-state index in [9.17, 15) is 0 Å². The molecular weight excluding hydrogens is 460 g/mol. The molecule has 2 unspecified atom stereocenters. The summed E-state index contributed by atoms with van der Waals surface area (Å²) in [6.45, 7) is 2.05. The second-order valence-corrected chi connectivity index (χ2v) is 9.99. The summed E-state index contributed by atoms with van der Waals surface area (Å²) in [5.41, 5.74) is 7.97. The fourth-order valence-corrected chi connectivity index (χ4v) is 6.02. The van der Waals surface area contributed by atoms with Gasteiger partial charge in [-0.25, -0.2) is 9.97 Å². The van der Waals surface area contributed by atoms with Gasteiger partial charge in [-0.2, -0.15) is 0 Å². The molecule has 176 valence electrons. The lowest BCUT2D eigenvalue weighted by Gasteiger charge is -2.34. The summed E-state index contributed by atoms with van der Waals surface area (Å²) in [6, 6.07) is 22.7. The van der Waals surface area contributed by atoms with Gasteiger partial charge in [0, 0.05) is 49.9 Å². The van der Waals surface area contributed by atoms with Crippen LogP contribution in [0.4, 0.5) is 5.69 Å². The van der Waals surface area contributed by atoms with Crippen molar-refractivity contribution < 1.29 is 9.15 Å². The number of rotatable bonds is 0. The summed E-state index contributed by atoms with van der Waals surface area (Å²) in [6.07, 6.45) is 4.32. The van der Waals surface area contributed by atoms with Gasteiger partial charge in [0.25, 0.3) is 0 Å². The van der Waals surface area contributed by atoms with Gasteiger partial charge < -0.3 is 19.5 Å². The summed E-state index contributed by atoms with van der Waals surface area (Å²) >= 11 is 0. The lowest BCUT2D eigenvalue weighted by molar-refractivity contribution is 0.246. The van der Waals surface area contributed by atoms with Gasteiger partial charge in [-0.3, -0.25) is 0 Å². The first kappa shape index (κ1) is 19.4. The molecule has 6 nitrogen and oxygen atoms in total. The number of fused-ring (bicyclic) bond motifs is 10. The van der Waals surface area contributed by atoms with E-state index in [-0.39, 0.29) is 12.1 Å².